The Balaban J connectivity index is 0.963. The topological polar surface area (TPSA) is 88.5 Å². The number of anilines is 2. The quantitative estimate of drug-likeness (QED) is 0.202. The Morgan fingerprint density at radius 1 is 0.896 bits per heavy atom. The second-order valence-electron chi connectivity index (χ2n) is 15.1. The van der Waals surface area contributed by atoms with Gasteiger partial charge < -0.3 is 15.0 Å². The number of fused-ring (bicyclic) bond motifs is 2. The highest BCUT2D eigenvalue weighted by Crippen LogP contribution is 2.53. The first-order valence-electron chi connectivity index (χ1n) is 17.3. The van der Waals surface area contributed by atoms with Crippen molar-refractivity contribution in [1.29, 1.82) is 0 Å². The van der Waals surface area contributed by atoms with E-state index in [1.54, 1.807) is 11.8 Å². The number of ether oxygens (including phenoxy) is 1. The Kier molecular flexibility index (Phi) is 8.30. The van der Waals surface area contributed by atoms with Crippen LogP contribution < -0.4 is 15.4 Å². The molecular weight excluding hydrogens is 598 g/mol. The second-order valence-corrected chi connectivity index (χ2v) is 15.1. The molecule has 1 saturated carbocycles. The van der Waals surface area contributed by atoms with Crippen LogP contribution in [0.25, 0.3) is 5.69 Å². The number of piperidine rings is 1. The first kappa shape index (κ1) is 32.0. The van der Waals surface area contributed by atoms with E-state index in [-0.39, 0.29) is 16.9 Å². The van der Waals surface area contributed by atoms with Crippen LogP contribution in [0.2, 0.25) is 0 Å². The number of aromatic nitrogens is 2. The molecule has 8 heteroatoms. The van der Waals surface area contributed by atoms with Crippen LogP contribution in [0, 0.1) is 12.8 Å². The Hall–Kier alpha value is -4.59. The number of aryl methyl sites for hydroxylation is 1. The zero-order valence-corrected chi connectivity index (χ0v) is 28.8. The number of methoxy groups -OCH3 is 1. The number of carbonyl (C=O) groups excluding carboxylic acids is 2. The van der Waals surface area contributed by atoms with Crippen LogP contribution in [0.15, 0.2) is 78.9 Å². The average Bonchev–Trinajstić information content (AvgIpc) is 3.70. The van der Waals surface area contributed by atoms with Gasteiger partial charge in [0.1, 0.15) is 11.6 Å². The fourth-order valence-corrected chi connectivity index (χ4v) is 7.75. The van der Waals surface area contributed by atoms with E-state index in [0.29, 0.717) is 29.7 Å². The summed E-state index contributed by atoms with van der Waals surface area (Å²) < 4.78 is 7.13. The van der Waals surface area contributed by atoms with E-state index in [1.807, 2.05) is 54.6 Å². The lowest BCUT2D eigenvalue weighted by Crippen LogP contribution is -2.50. The van der Waals surface area contributed by atoms with Crippen molar-refractivity contribution in [3.63, 3.8) is 0 Å². The highest BCUT2D eigenvalue weighted by atomic mass is 16.5. The van der Waals surface area contributed by atoms with Crippen molar-refractivity contribution < 1.29 is 14.3 Å². The molecular formula is C40H47N5O3. The fraction of sp³-hybridized carbons (Fsp3) is 0.425. The molecule has 7 rings (SSSR count). The molecule has 3 amide bonds. The number of hydrogen-bond donors (Lipinski definition) is 2. The van der Waals surface area contributed by atoms with Crippen molar-refractivity contribution in [2.45, 2.75) is 95.6 Å². The predicted octanol–water partition coefficient (Wildman–Crippen LogP) is 8.17. The van der Waals surface area contributed by atoms with Crippen LogP contribution in [-0.2, 0) is 22.0 Å². The van der Waals surface area contributed by atoms with Gasteiger partial charge in [-0.25, -0.2) is 9.48 Å². The highest BCUT2D eigenvalue weighted by molar-refractivity contribution is 5.99. The molecule has 3 aliphatic rings. The summed E-state index contributed by atoms with van der Waals surface area (Å²) in [7, 11) is 1.67. The van der Waals surface area contributed by atoms with E-state index in [9.17, 15) is 9.59 Å². The van der Waals surface area contributed by atoms with Crippen LogP contribution >= 0.6 is 0 Å². The van der Waals surface area contributed by atoms with Gasteiger partial charge in [0, 0.05) is 29.3 Å². The molecule has 3 fully saturated rings. The fourth-order valence-electron chi connectivity index (χ4n) is 7.75. The zero-order valence-electron chi connectivity index (χ0n) is 28.8. The second kappa shape index (κ2) is 12.5. The van der Waals surface area contributed by atoms with Crippen LogP contribution in [0.1, 0.15) is 81.7 Å². The van der Waals surface area contributed by atoms with Gasteiger partial charge in [-0.1, -0.05) is 62.7 Å². The van der Waals surface area contributed by atoms with Crippen molar-refractivity contribution in [3.05, 3.63) is 101 Å². The van der Waals surface area contributed by atoms with Crippen LogP contribution in [0.5, 0.6) is 5.75 Å². The molecule has 2 N–H and O–H groups in total. The van der Waals surface area contributed by atoms with E-state index in [1.165, 1.54) is 5.56 Å². The summed E-state index contributed by atoms with van der Waals surface area (Å²) in [6, 6.07) is 26.7. The summed E-state index contributed by atoms with van der Waals surface area (Å²) in [5, 5.41) is 10.8. The third-order valence-corrected chi connectivity index (χ3v) is 10.6. The van der Waals surface area contributed by atoms with Gasteiger partial charge in [-0.2, -0.15) is 5.10 Å². The van der Waals surface area contributed by atoms with Crippen molar-refractivity contribution in [3.8, 4) is 11.4 Å². The lowest BCUT2D eigenvalue weighted by molar-refractivity contribution is -0.139. The molecule has 1 aliphatic carbocycles. The molecule has 2 atom stereocenters. The number of rotatable bonds is 8. The SMILES string of the molecule is COc1ccc(C2(C(=O)N3C4CCC3CC(Cc3ccc(NC(=O)Nc5cc(C(C)(C)C)nn5-c5ccc(C)cc5)cc3)C4)CC2)cc1. The van der Waals surface area contributed by atoms with E-state index < -0.39 is 0 Å². The third-order valence-electron chi connectivity index (χ3n) is 10.6. The first-order chi connectivity index (χ1) is 23.0. The molecule has 0 radical (unpaired) electrons. The summed E-state index contributed by atoms with van der Waals surface area (Å²) >= 11 is 0. The molecule has 1 aromatic heterocycles. The van der Waals surface area contributed by atoms with Crippen LogP contribution in [0.4, 0.5) is 16.3 Å². The maximum atomic E-state index is 14.0. The number of hydrogen-bond acceptors (Lipinski definition) is 4. The van der Waals surface area contributed by atoms with Gasteiger partial charge >= 0.3 is 6.03 Å². The van der Waals surface area contributed by atoms with Crippen molar-refractivity contribution in [2.24, 2.45) is 5.92 Å². The van der Waals surface area contributed by atoms with Crippen LogP contribution in [0.3, 0.4) is 0 Å². The lowest BCUT2D eigenvalue weighted by Gasteiger charge is -2.41. The van der Waals surface area contributed by atoms with Crippen LogP contribution in [-0.4, -0.2) is 45.8 Å². The molecule has 8 nitrogen and oxygen atoms in total. The minimum Gasteiger partial charge on any atom is -0.497 e. The molecule has 2 aliphatic heterocycles. The summed E-state index contributed by atoms with van der Waals surface area (Å²) in [5.74, 6) is 2.33. The Bertz CT molecular complexity index is 1770. The van der Waals surface area contributed by atoms with E-state index in [0.717, 1.165) is 78.9 Å². The Morgan fingerprint density at radius 2 is 1.54 bits per heavy atom. The standard InChI is InChI=1S/C40H47N5O3/c1-26-6-14-31(15-7-26)45-36(25-35(43-45)39(2,3)4)42-38(47)41-30-12-8-27(9-13-30)22-28-23-32-16-17-33(24-28)44(32)37(46)40(20-21-40)29-10-18-34(48-5)19-11-29/h6-15,18-19,25,28,32-33H,16-17,20-24H2,1-5H3,(H2,41,42,47). The van der Waals surface area contributed by atoms with Gasteiger partial charge in [0.25, 0.3) is 0 Å². The molecule has 3 heterocycles. The average molecular weight is 646 g/mol. The van der Waals surface area contributed by atoms with Crippen molar-refractivity contribution >= 4 is 23.4 Å². The molecule has 4 aromatic rings. The lowest BCUT2D eigenvalue weighted by atomic mass is 9.84. The summed E-state index contributed by atoms with van der Waals surface area (Å²) in [4.78, 5) is 29.4. The van der Waals surface area contributed by atoms with Gasteiger partial charge in [0.15, 0.2) is 0 Å². The number of nitrogens with zero attached hydrogens (tertiary/aromatic N) is 3. The Morgan fingerprint density at radius 3 is 2.12 bits per heavy atom. The smallest absolute Gasteiger partial charge is 0.324 e. The number of nitrogens with one attached hydrogen (secondary N) is 2. The first-order valence-corrected chi connectivity index (χ1v) is 17.3. The van der Waals surface area contributed by atoms with Crippen molar-refractivity contribution in [1.82, 2.24) is 14.7 Å². The normalized spacial score (nSPS) is 21.1. The molecule has 48 heavy (non-hydrogen) atoms. The van der Waals surface area contributed by atoms with Gasteiger partial charge in [-0.15, -0.1) is 0 Å². The van der Waals surface area contributed by atoms with E-state index in [4.69, 9.17) is 9.84 Å². The molecule has 2 saturated heterocycles. The number of benzene rings is 3. The van der Waals surface area contributed by atoms with Gasteiger partial charge in [-0.05, 0) is 105 Å². The number of carbonyl (C=O) groups is 2. The summed E-state index contributed by atoms with van der Waals surface area (Å²) in [5.41, 5.74) is 5.57. The molecule has 3 aromatic carbocycles. The van der Waals surface area contributed by atoms with E-state index >= 15 is 0 Å². The molecule has 2 unspecified atom stereocenters. The zero-order chi connectivity index (χ0) is 33.6. The van der Waals surface area contributed by atoms with Gasteiger partial charge in [-0.3, -0.25) is 10.1 Å². The number of urea groups is 1. The number of amides is 3. The monoisotopic (exact) mass is 645 g/mol. The Labute approximate surface area is 283 Å². The van der Waals surface area contributed by atoms with Crippen molar-refractivity contribution in [2.75, 3.05) is 17.7 Å². The molecule has 2 bridgehead atoms. The van der Waals surface area contributed by atoms with Gasteiger partial charge in [0.2, 0.25) is 5.91 Å². The van der Waals surface area contributed by atoms with E-state index in [2.05, 4.69) is 67.5 Å². The highest BCUT2D eigenvalue weighted by Gasteiger charge is 2.57. The third kappa shape index (κ3) is 6.32. The molecule has 0 spiro atoms. The minimum atomic E-state index is -0.343. The molecule has 250 valence electrons. The minimum absolute atomic E-state index is 0.166. The summed E-state index contributed by atoms with van der Waals surface area (Å²) in [6.07, 6.45) is 7.15. The summed E-state index contributed by atoms with van der Waals surface area (Å²) in [6.45, 7) is 8.39. The van der Waals surface area contributed by atoms with Gasteiger partial charge in [0.05, 0.1) is 23.9 Å². The largest absolute Gasteiger partial charge is 0.497 e. The maximum Gasteiger partial charge on any atom is 0.324 e. The maximum absolute atomic E-state index is 14.0. The predicted molar refractivity (Wildman–Crippen MR) is 190 cm³/mol.